The number of likely N-dealkylation sites (tertiary alicyclic amines) is 1. The predicted octanol–water partition coefficient (Wildman–Crippen LogP) is -0.649. The van der Waals surface area contributed by atoms with Crippen molar-refractivity contribution in [2.75, 3.05) is 33.2 Å². The van der Waals surface area contributed by atoms with E-state index in [4.69, 9.17) is 5.73 Å². The first-order valence-corrected chi connectivity index (χ1v) is 6.12. The van der Waals surface area contributed by atoms with Crippen LogP contribution in [0.1, 0.15) is 19.3 Å². The van der Waals surface area contributed by atoms with Gasteiger partial charge in [-0.2, -0.15) is 0 Å². The number of nitrogens with two attached hydrogens (primary N) is 1. The van der Waals surface area contributed by atoms with Crippen LogP contribution in [0.2, 0.25) is 0 Å². The lowest BCUT2D eigenvalue weighted by atomic mass is 9.88. The molecule has 2 heterocycles. The molecule has 0 radical (unpaired) electrons. The second-order valence-corrected chi connectivity index (χ2v) is 4.91. The number of piperidine rings is 1. The van der Waals surface area contributed by atoms with Crippen LogP contribution in [-0.4, -0.2) is 60.5 Å². The van der Waals surface area contributed by atoms with E-state index in [9.17, 15) is 9.59 Å². The maximum Gasteiger partial charge on any atom is 0.325 e. The monoisotopic (exact) mass is 240 g/mol. The van der Waals surface area contributed by atoms with Crippen LogP contribution in [0.5, 0.6) is 0 Å². The lowest BCUT2D eigenvalue weighted by Crippen LogP contribution is -2.54. The summed E-state index contributed by atoms with van der Waals surface area (Å²) in [4.78, 5) is 27.6. The second kappa shape index (κ2) is 4.62. The minimum atomic E-state index is -0.641. The van der Waals surface area contributed by atoms with Gasteiger partial charge in [-0.15, -0.1) is 0 Å². The van der Waals surface area contributed by atoms with Gasteiger partial charge in [0.1, 0.15) is 5.54 Å². The molecule has 3 amide bonds. The van der Waals surface area contributed by atoms with Gasteiger partial charge in [-0.25, -0.2) is 4.79 Å². The Kier molecular flexibility index (Phi) is 3.35. The third-order valence-electron chi connectivity index (χ3n) is 3.67. The highest BCUT2D eigenvalue weighted by atomic mass is 16.2. The summed E-state index contributed by atoms with van der Waals surface area (Å²) >= 11 is 0. The third kappa shape index (κ3) is 2.14. The number of hydrogen-bond donors (Lipinski definition) is 2. The first-order valence-electron chi connectivity index (χ1n) is 6.12. The van der Waals surface area contributed by atoms with Crippen LogP contribution in [0.3, 0.4) is 0 Å². The highest BCUT2D eigenvalue weighted by Gasteiger charge is 2.51. The maximum absolute atomic E-state index is 12.3. The van der Waals surface area contributed by atoms with E-state index in [1.54, 1.807) is 0 Å². The summed E-state index contributed by atoms with van der Waals surface area (Å²) in [7, 11) is 2.03. The fourth-order valence-electron chi connectivity index (χ4n) is 2.47. The fraction of sp³-hybridized carbons (Fsp3) is 0.818. The normalized spacial score (nSPS) is 24.5. The molecular formula is C11H20N4O2. The average Bonchev–Trinajstić information content (AvgIpc) is 2.54. The molecule has 0 atom stereocenters. The molecule has 2 fully saturated rings. The zero-order chi connectivity index (χ0) is 12.5. The van der Waals surface area contributed by atoms with Gasteiger partial charge in [0.15, 0.2) is 0 Å². The highest BCUT2D eigenvalue weighted by molar-refractivity contribution is 6.07. The Morgan fingerprint density at radius 3 is 2.59 bits per heavy atom. The predicted molar refractivity (Wildman–Crippen MR) is 63.4 cm³/mol. The Balaban J connectivity index is 2.06. The van der Waals surface area contributed by atoms with E-state index in [-0.39, 0.29) is 11.9 Å². The van der Waals surface area contributed by atoms with Crippen molar-refractivity contribution in [1.29, 1.82) is 0 Å². The van der Waals surface area contributed by atoms with E-state index in [1.807, 2.05) is 7.05 Å². The van der Waals surface area contributed by atoms with Crippen molar-refractivity contribution in [3.63, 3.8) is 0 Å². The average molecular weight is 240 g/mol. The Labute approximate surface area is 101 Å². The SMILES string of the molecule is CN1CCC2(CC1)NC(=O)N(CCCN)C2=O. The number of amides is 3. The van der Waals surface area contributed by atoms with Gasteiger partial charge in [0.05, 0.1) is 0 Å². The number of rotatable bonds is 3. The summed E-state index contributed by atoms with van der Waals surface area (Å²) in [6.07, 6.45) is 2.07. The zero-order valence-corrected chi connectivity index (χ0v) is 10.2. The van der Waals surface area contributed by atoms with Crippen molar-refractivity contribution < 1.29 is 9.59 Å². The van der Waals surface area contributed by atoms with Gasteiger partial charge in [0.25, 0.3) is 5.91 Å². The van der Waals surface area contributed by atoms with Gasteiger partial charge < -0.3 is 16.0 Å². The minimum absolute atomic E-state index is 0.0657. The number of carbonyl (C=O) groups is 2. The minimum Gasteiger partial charge on any atom is -0.330 e. The highest BCUT2D eigenvalue weighted by Crippen LogP contribution is 2.28. The molecule has 17 heavy (non-hydrogen) atoms. The lowest BCUT2D eigenvalue weighted by Gasteiger charge is -2.35. The summed E-state index contributed by atoms with van der Waals surface area (Å²) in [5.41, 5.74) is 4.77. The second-order valence-electron chi connectivity index (χ2n) is 4.91. The quantitative estimate of drug-likeness (QED) is 0.643. The smallest absolute Gasteiger partial charge is 0.325 e. The molecule has 0 aromatic carbocycles. The summed E-state index contributed by atoms with van der Waals surface area (Å²) in [6, 6.07) is -0.256. The van der Waals surface area contributed by atoms with Crippen LogP contribution in [0, 0.1) is 0 Å². The van der Waals surface area contributed by atoms with E-state index in [1.165, 1.54) is 4.90 Å². The molecule has 0 bridgehead atoms. The van der Waals surface area contributed by atoms with Gasteiger partial charge in [0.2, 0.25) is 0 Å². The summed E-state index contributed by atoms with van der Waals surface area (Å²) in [5, 5.41) is 2.87. The molecule has 0 aromatic rings. The van der Waals surface area contributed by atoms with Crippen LogP contribution < -0.4 is 11.1 Å². The standard InChI is InChI=1S/C11H20N4O2/c1-14-7-3-11(4-8-14)9(16)15(6-2-5-12)10(17)13-11/h2-8,12H2,1H3,(H,13,17). The molecule has 0 unspecified atom stereocenters. The van der Waals surface area contributed by atoms with Gasteiger partial charge >= 0.3 is 6.03 Å². The zero-order valence-electron chi connectivity index (χ0n) is 10.2. The Morgan fingerprint density at radius 1 is 1.35 bits per heavy atom. The molecule has 0 saturated carbocycles. The van der Waals surface area contributed by atoms with Gasteiger partial charge in [-0.1, -0.05) is 0 Å². The first kappa shape index (κ1) is 12.3. The molecule has 0 aromatic heterocycles. The molecule has 6 heteroatoms. The van der Waals surface area contributed by atoms with Crippen LogP contribution in [0.25, 0.3) is 0 Å². The first-order chi connectivity index (χ1) is 8.09. The lowest BCUT2D eigenvalue weighted by molar-refractivity contribution is -0.132. The van der Waals surface area contributed by atoms with Crippen LogP contribution in [0.4, 0.5) is 4.79 Å². The van der Waals surface area contributed by atoms with Crippen LogP contribution in [-0.2, 0) is 4.79 Å². The Morgan fingerprint density at radius 2 is 2.00 bits per heavy atom. The van der Waals surface area contributed by atoms with Crippen molar-refractivity contribution in [3.8, 4) is 0 Å². The van der Waals surface area contributed by atoms with Crippen LogP contribution in [0.15, 0.2) is 0 Å². The number of imide groups is 1. The van der Waals surface area contributed by atoms with Gasteiger partial charge in [-0.05, 0) is 32.9 Å². The molecule has 96 valence electrons. The number of carbonyl (C=O) groups excluding carboxylic acids is 2. The van der Waals surface area contributed by atoms with Crippen molar-refractivity contribution in [2.45, 2.75) is 24.8 Å². The number of nitrogens with zero attached hydrogens (tertiary/aromatic N) is 2. The van der Waals surface area contributed by atoms with E-state index in [2.05, 4.69) is 10.2 Å². The molecule has 2 aliphatic rings. The van der Waals surface area contributed by atoms with E-state index < -0.39 is 5.54 Å². The number of urea groups is 1. The largest absolute Gasteiger partial charge is 0.330 e. The van der Waals surface area contributed by atoms with Crippen molar-refractivity contribution in [1.82, 2.24) is 15.1 Å². The van der Waals surface area contributed by atoms with E-state index in [0.717, 1.165) is 13.1 Å². The third-order valence-corrected chi connectivity index (χ3v) is 3.67. The molecule has 3 N–H and O–H groups in total. The maximum atomic E-state index is 12.3. The summed E-state index contributed by atoms with van der Waals surface area (Å²) < 4.78 is 0. The molecule has 6 nitrogen and oxygen atoms in total. The summed E-state index contributed by atoms with van der Waals surface area (Å²) in [5.74, 6) is -0.0657. The number of hydrogen-bond acceptors (Lipinski definition) is 4. The fourth-order valence-corrected chi connectivity index (χ4v) is 2.47. The Bertz CT molecular complexity index is 323. The van der Waals surface area contributed by atoms with Gasteiger partial charge in [-0.3, -0.25) is 9.69 Å². The van der Waals surface area contributed by atoms with Gasteiger partial charge in [0, 0.05) is 19.6 Å². The van der Waals surface area contributed by atoms with Crippen molar-refractivity contribution in [3.05, 3.63) is 0 Å². The van der Waals surface area contributed by atoms with Crippen LogP contribution >= 0.6 is 0 Å². The van der Waals surface area contributed by atoms with Crippen molar-refractivity contribution >= 4 is 11.9 Å². The van der Waals surface area contributed by atoms with E-state index in [0.29, 0.717) is 32.4 Å². The molecule has 0 aliphatic carbocycles. The van der Waals surface area contributed by atoms with Crippen molar-refractivity contribution in [2.24, 2.45) is 5.73 Å². The molecule has 2 rings (SSSR count). The van der Waals surface area contributed by atoms with E-state index >= 15 is 0 Å². The Hall–Kier alpha value is -1.14. The molecule has 2 aliphatic heterocycles. The molecule has 1 spiro atoms. The topological polar surface area (TPSA) is 78.7 Å². The molecule has 2 saturated heterocycles. The number of nitrogens with one attached hydrogen (secondary N) is 1. The summed E-state index contributed by atoms with van der Waals surface area (Å²) in [6.45, 7) is 2.61. The molecular weight excluding hydrogens is 220 g/mol.